The molecule has 80 valence electrons. The van der Waals surface area contributed by atoms with Crippen molar-refractivity contribution in [2.45, 2.75) is 0 Å². The Morgan fingerprint density at radius 1 is 1.13 bits per heavy atom. The fourth-order valence-electron chi connectivity index (χ4n) is 0.830. The van der Waals surface area contributed by atoms with Crippen LogP contribution in [0.2, 0.25) is 15.1 Å². The van der Waals surface area contributed by atoms with E-state index < -0.39 is 0 Å². The van der Waals surface area contributed by atoms with Gasteiger partial charge < -0.3 is 11.5 Å². The van der Waals surface area contributed by atoms with Gasteiger partial charge in [-0.05, 0) is 12.1 Å². The van der Waals surface area contributed by atoms with Crippen LogP contribution in [0.4, 0.5) is 0 Å². The number of nitrogens with zero attached hydrogens (tertiary/aromatic N) is 2. The van der Waals surface area contributed by atoms with Crippen molar-refractivity contribution in [3.8, 4) is 0 Å². The van der Waals surface area contributed by atoms with Gasteiger partial charge in [0.15, 0.2) is 0 Å². The van der Waals surface area contributed by atoms with E-state index in [2.05, 4.69) is 10.2 Å². The average molecular weight is 266 g/mol. The second kappa shape index (κ2) is 5.21. The highest BCUT2D eigenvalue weighted by atomic mass is 35.5. The van der Waals surface area contributed by atoms with E-state index in [0.29, 0.717) is 20.6 Å². The van der Waals surface area contributed by atoms with Crippen LogP contribution >= 0.6 is 34.8 Å². The van der Waals surface area contributed by atoms with E-state index in [9.17, 15) is 0 Å². The minimum Gasteiger partial charge on any atom is -0.369 e. The first-order chi connectivity index (χ1) is 7.00. The standard InChI is InChI=1S/C8H7Cl3N4/c9-4-1-6(10)5(7(11)2-4)3-14-15-8(12)13/h1-3H,(H4,12,13,15)/b14-3+. The first kappa shape index (κ1) is 12.1. The maximum absolute atomic E-state index is 5.88. The zero-order valence-electron chi connectivity index (χ0n) is 7.42. The van der Waals surface area contributed by atoms with Crippen LogP contribution in [-0.2, 0) is 0 Å². The molecule has 0 atom stereocenters. The van der Waals surface area contributed by atoms with Gasteiger partial charge in [-0.3, -0.25) is 0 Å². The van der Waals surface area contributed by atoms with E-state index in [0.717, 1.165) is 0 Å². The molecule has 0 unspecified atom stereocenters. The molecule has 0 heterocycles. The number of hydrogen-bond acceptors (Lipinski definition) is 2. The zero-order valence-corrected chi connectivity index (χ0v) is 9.68. The van der Waals surface area contributed by atoms with E-state index in [1.165, 1.54) is 6.21 Å². The summed E-state index contributed by atoms with van der Waals surface area (Å²) in [6, 6.07) is 3.09. The van der Waals surface area contributed by atoms with Gasteiger partial charge >= 0.3 is 0 Å². The zero-order chi connectivity index (χ0) is 11.4. The van der Waals surface area contributed by atoms with Gasteiger partial charge in [0, 0.05) is 10.6 Å². The number of halogens is 3. The summed E-state index contributed by atoms with van der Waals surface area (Å²) in [6.07, 6.45) is 1.35. The maximum atomic E-state index is 5.88. The lowest BCUT2D eigenvalue weighted by Crippen LogP contribution is -2.21. The second-order valence-corrected chi connectivity index (χ2v) is 3.80. The maximum Gasteiger partial charge on any atom is 0.211 e. The summed E-state index contributed by atoms with van der Waals surface area (Å²) >= 11 is 17.5. The Labute approximate surface area is 102 Å². The summed E-state index contributed by atoms with van der Waals surface area (Å²) in [6.45, 7) is 0. The van der Waals surface area contributed by atoms with Gasteiger partial charge in [0.25, 0.3) is 0 Å². The molecule has 0 spiro atoms. The first-order valence-corrected chi connectivity index (χ1v) is 4.90. The van der Waals surface area contributed by atoms with Crippen LogP contribution in [0.3, 0.4) is 0 Å². The Kier molecular flexibility index (Phi) is 4.20. The first-order valence-electron chi connectivity index (χ1n) is 3.77. The number of guanidine groups is 1. The van der Waals surface area contributed by atoms with Crippen LogP contribution in [0.1, 0.15) is 5.56 Å². The van der Waals surface area contributed by atoms with E-state index >= 15 is 0 Å². The quantitative estimate of drug-likeness (QED) is 0.489. The molecule has 1 rings (SSSR count). The Morgan fingerprint density at radius 3 is 2.13 bits per heavy atom. The molecule has 7 heteroatoms. The fraction of sp³-hybridized carbons (Fsp3) is 0. The third kappa shape index (κ3) is 3.58. The van der Waals surface area contributed by atoms with Crippen molar-refractivity contribution >= 4 is 47.0 Å². The predicted octanol–water partition coefficient (Wildman–Crippen LogP) is 2.25. The molecule has 1 aromatic rings. The van der Waals surface area contributed by atoms with Gasteiger partial charge in [0.2, 0.25) is 5.96 Å². The van der Waals surface area contributed by atoms with Gasteiger partial charge in [-0.15, -0.1) is 5.10 Å². The summed E-state index contributed by atoms with van der Waals surface area (Å²) in [4.78, 5) is 0. The third-order valence-corrected chi connectivity index (χ3v) is 2.25. The van der Waals surface area contributed by atoms with Crippen LogP contribution in [-0.4, -0.2) is 12.2 Å². The van der Waals surface area contributed by atoms with Gasteiger partial charge in [-0.2, -0.15) is 5.10 Å². The number of nitrogens with two attached hydrogens (primary N) is 2. The molecule has 0 bridgehead atoms. The Morgan fingerprint density at radius 2 is 1.67 bits per heavy atom. The average Bonchev–Trinajstić information content (AvgIpc) is 2.08. The lowest BCUT2D eigenvalue weighted by molar-refractivity contribution is 1.21. The van der Waals surface area contributed by atoms with Crippen LogP contribution in [0.15, 0.2) is 22.3 Å². The van der Waals surface area contributed by atoms with E-state index in [-0.39, 0.29) is 5.96 Å². The van der Waals surface area contributed by atoms with E-state index in [1.807, 2.05) is 0 Å². The van der Waals surface area contributed by atoms with Crippen molar-refractivity contribution in [1.29, 1.82) is 0 Å². The molecule has 0 amide bonds. The molecule has 0 saturated carbocycles. The summed E-state index contributed by atoms with van der Waals surface area (Å²) in [7, 11) is 0. The molecule has 0 radical (unpaired) electrons. The minimum atomic E-state index is -0.146. The minimum absolute atomic E-state index is 0.146. The summed E-state index contributed by atoms with van der Waals surface area (Å²) in [5, 5.41) is 8.21. The van der Waals surface area contributed by atoms with Gasteiger partial charge in [-0.25, -0.2) is 0 Å². The van der Waals surface area contributed by atoms with Crippen molar-refractivity contribution < 1.29 is 0 Å². The molecule has 4 nitrogen and oxygen atoms in total. The summed E-state index contributed by atoms with van der Waals surface area (Å²) in [5.41, 5.74) is 10.7. The molecule has 0 saturated heterocycles. The third-order valence-electron chi connectivity index (χ3n) is 1.40. The lowest BCUT2D eigenvalue weighted by Gasteiger charge is -2.00. The van der Waals surface area contributed by atoms with Gasteiger partial charge in [0.05, 0.1) is 16.3 Å². The van der Waals surface area contributed by atoms with Crippen molar-refractivity contribution in [2.24, 2.45) is 21.7 Å². The SMILES string of the molecule is NC(N)=N/N=C/c1c(Cl)cc(Cl)cc1Cl. The monoisotopic (exact) mass is 264 g/mol. The molecule has 1 aromatic carbocycles. The number of hydrogen-bond donors (Lipinski definition) is 2. The summed E-state index contributed by atoms with van der Waals surface area (Å²) < 4.78 is 0. The molecule has 15 heavy (non-hydrogen) atoms. The molecule has 0 aliphatic rings. The van der Waals surface area contributed by atoms with Gasteiger partial charge in [-0.1, -0.05) is 34.8 Å². The highest BCUT2D eigenvalue weighted by Gasteiger charge is 2.04. The Balaban J connectivity index is 3.05. The molecule has 0 fully saturated rings. The Bertz CT molecular complexity index is 401. The topological polar surface area (TPSA) is 76.8 Å². The van der Waals surface area contributed by atoms with Crippen molar-refractivity contribution in [2.75, 3.05) is 0 Å². The largest absolute Gasteiger partial charge is 0.369 e. The molecular formula is C8H7Cl3N4. The molecule has 0 aromatic heterocycles. The van der Waals surface area contributed by atoms with Crippen molar-refractivity contribution in [1.82, 2.24) is 0 Å². The van der Waals surface area contributed by atoms with Crippen LogP contribution < -0.4 is 11.5 Å². The van der Waals surface area contributed by atoms with Crippen molar-refractivity contribution in [3.63, 3.8) is 0 Å². The lowest BCUT2D eigenvalue weighted by atomic mass is 10.2. The van der Waals surface area contributed by atoms with Crippen LogP contribution in [0, 0.1) is 0 Å². The normalized spacial score (nSPS) is 10.6. The molecule has 0 aliphatic carbocycles. The Hall–Kier alpha value is -0.970. The number of rotatable bonds is 2. The fourth-order valence-corrected chi connectivity index (χ4v) is 1.74. The van der Waals surface area contributed by atoms with Crippen molar-refractivity contribution in [3.05, 3.63) is 32.8 Å². The van der Waals surface area contributed by atoms with Gasteiger partial charge in [0.1, 0.15) is 0 Å². The number of benzene rings is 1. The summed E-state index contributed by atoms with van der Waals surface area (Å²) in [5.74, 6) is -0.146. The van der Waals surface area contributed by atoms with Crippen LogP contribution in [0.25, 0.3) is 0 Å². The second-order valence-electron chi connectivity index (χ2n) is 2.55. The van der Waals surface area contributed by atoms with Crippen LogP contribution in [0.5, 0.6) is 0 Å². The smallest absolute Gasteiger partial charge is 0.211 e. The van der Waals surface area contributed by atoms with E-state index in [4.69, 9.17) is 46.3 Å². The molecule has 0 aliphatic heterocycles. The molecular weight excluding hydrogens is 258 g/mol. The highest BCUT2D eigenvalue weighted by molar-refractivity contribution is 6.41. The highest BCUT2D eigenvalue weighted by Crippen LogP contribution is 2.27. The predicted molar refractivity (Wildman–Crippen MR) is 64.9 cm³/mol. The molecule has 4 N–H and O–H groups in total. The van der Waals surface area contributed by atoms with E-state index in [1.54, 1.807) is 12.1 Å².